The van der Waals surface area contributed by atoms with Gasteiger partial charge in [-0.15, -0.1) is 0 Å². The Balaban J connectivity index is 1.54. The monoisotopic (exact) mass is 315 g/mol. The lowest BCUT2D eigenvalue weighted by Crippen LogP contribution is -2.42. The maximum atomic E-state index is 12.4. The van der Waals surface area contributed by atoms with Gasteiger partial charge in [0.05, 0.1) is 6.04 Å². The second kappa shape index (κ2) is 7.13. The normalized spacial score (nSPS) is 26.4. The molecule has 23 heavy (non-hydrogen) atoms. The minimum Gasteiger partial charge on any atom is -0.355 e. The molecule has 0 radical (unpaired) electrons. The van der Waals surface area contributed by atoms with E-state index in [2.05, 4.69) is 16.0 Å². The molecule has 2 fully saturated rings. The number of fused-ring (bicyclic) bond motifs is 1. The number of hydrogen-bond acceptors (Lipinski definition) is 3. The van der Waals surface area contributed by atoms with Crippen LogP contribution in [0, 0.1) is 5.92 Å². The van der Waals surface area contributed by atoms with Gasteiger partial charge in [-0.2, -0.15) is 0 Å². The highest BCUT2D eigenvalue weighted by Gasteiger charge is 2.37. The molecule has 0 bridgehead atoms. The van der Waals surface area contributed by atoms with Crippen LogP contribution in [0.1, 0.15) is 48.0 Å². The predicted molar refractivity (Wildman–Crippen MR) is 89.0 cm³/mol. The summed E-state index contributed by atoms with van der Waals surface area (Å²) in [6.07, 6.45) is 5.96. The molecule has 1 aliphatic carbocycles. The van der Waals surface area contributed by atoms with E-state index in [0.717, 1.165) is 12.0 Å². The Morgan fingerprint density at radius 2 is 2.09 bits per heavy atom. The zero-order valence-electron chi connectivity index (χ0n) is 13.6. The van der Waals surface area contributed by atoms with E-state index >= 15 is 0 Å². The van der Waals surface area contributed by atoms with E-state index in [1.165, 1.54) is 25.7 Å². The van der Waals surface area contributed by atoms with E-state index in [1.807, 2.05) is 18.2 Å². The summed E-state index contributed by atoms with van der Waals surface area (Å²) in [5.41, 5.74) is 1.55. The summed E-state index contributed by atoms with van der Waals surface area (Å²) in [4.78, 5) is 24.0. The van der Waals surface area contributed by atoms with Crippen molar-refractivity contribution < 1.29 is 9.59 Å². The number of carbonyl (C=O) groups is 2. The molecule has 2 amide bonds. The number of rotatable bonds is 4. The van der Waals surface area contributed by atoms with Crippen molar-refractivity contribution in [2.75, 3.05) is 7.05 Å². The molecule has 2 aliphatic rings. The van der Waals surface area contributed by atoms with Crippen molar-refractivity contribution in [3.8, 4) is 0 Å². The van der Waals surface area contributed by atoms with Gasteiger partial charge in [0.2, 0.25) is 5.91 Å². The summed E-state index contributed by atoms with van der Waals surface area (Å²) < 4.78 is 0. The minimum atomic E-state index is -0.111. The molecule has 3 rings (SSSR count). The number of amides is 2. The lowest BCUT2D eigenvalue weighted by molar-refractivity contribution is -0.123. The first-order valence-electron chi connectivity index (χ1n) is 8.52. The van der Waals surface area contributed by atoms with Crippen molar-refractivity contribution in [3.05, 3.63) is 35.4 Å². The molecule has 3 N–H and O–H groups in total. The van der Waals surface area contributed by atoms with E-state index in [0.29, 0.717) is 24.1 Å². The van der Waals surface area contributed by atoms with Crippen LogP contribution in [0.3, 0.4) is 0 Å². The summed E-state index contributed by atoms with van der Waals surface area (Å²) in [5, 5.41) is 9.10. The molecular weight excluding hydrogens is 290 g/mol. The summed E-state index contributed by atoms with van der Waals surface area (Å²) in [7, 11) is 1.61. The van der Waals surface area contributed by atoms with E-state index in [1.54, 1.807) is 13.1 Å². The lowest BCUT2D eigenvalue weighted by atomic mass is 9.85. The van der Waals surface area contributed by atoms with E-state index < -0.39 is 0 Å². The Morgan fingerprint density at radius 3 is 2.87 bits per heavy atom. The molecule has 3 atom stereocenters. The van der Waals surface area contributed by atoms with Crippen molar-refractivity contribution in [3.63, 3.8) is 0 Å². The second-order valence-corrected chi connectivity index (χ2v) is 6.60. The van der Waals surface area contributed by atoms with Crippen LogP contribution in [-0.4, -0.2) is 30.9 Å². The molecule has 1 aliphatic heterocycles. The van der Waals surface area contributed by atoms with Crippen LogP contribution in [0.25, 0.3) is 0 Å². The fourth-order valence-corrected chi connectivity index (χ4v) is 3.80. The molecule has 1 aromatic carbocycles. The third-order valence-electron chi connectivity index (χ3n) is 5.06. The molecule has 5 heteroatoms. The van der Waals surface area contributed by atoms with Gasteiger partial charge in [0, 0.05) is 25.2 Å². The maximum absolute atomic E-state index is 12.4. The van der Waals surface area contributed by atoms with Gasteiger partial charge < -0.3 is 16.0 Å². The van der Waals surface area contributed by atoms with Crippen molar-refractivity contribution in [2.24, 2.45) is 5.92 Å². The number of carbonyl (C=O) groups excluding carboxylic acids is 2. The van der Waals surface area contributed by atoms with E-state index in [-0.39, 0.29) is 17.9 Å². The number of hydrogen-bond donors (Lipinski definition) is 3. The standard InChI is InChI=1S/C18H25N3O2/c1-19-17(22)14-7-4-5-12(9-14)11-20-18(23)16-10-13-6-2-3-8-15(13)21-16/h4-5,7,9,13,15-16,21H,2-3,6,8,10-11H2,1H3,(H,19,22)(H,20,23). The fourth-order valence-electron chi connectivity index (χ4n) is 3.80. The quantitative estimate of drug-likeness (QED) is 0.790. The van der Waals surface area contributed by atoms with Gasteiger partial charge in [0.25, 0.3) is 5.91 Å². The Morgan fingerprint density at radius 1 is 1.26 bits per heavy atom. The topological polar surface area (TPSA) is 70.2 Å². The molecular formula is C18H25N3O2. The van der Waals surface area contributed by atoms with Crippen LogP contribution in [0.4, 0.5) is 0 Å². The Hall–Kier alpha value is -1.88. The van der Waals surface area contributed by atoms with Gasteiger partial charge in [0.15, 0.2) is 0 Å². The van der Waals surface area contributed by atoms with Crippen LogP contribution >= 0.6 is 0 Å². The fraction of sp³-hybridized carbons (Fsp3) is 0.556. The molecule has 1 saturated carbocycles. The van der Waals surface area contributed by atoms with Crippen LogP contribution in [-0.2, 0) is 11.3 Å². The molecule has 5 nitrogen and oxygen atoms in total. The highest BCUT2D eigenvalue weighted by molar-refractivity contribution is 5.94. The van der Waals surface area contributed by atoms with Gasteiger partial charge in [-0.25, -0.2) is 0 Å². The van der Waals surface area contributed by atoms with E-state index in [9.17, 15) is 9.59 Å². The molecule has 124 valence electrons. The molecule has 0 spiro atoms. The molecule has 3 unspecified atom stereocenters. The largest absolute Gasteiger partial charge is 0.355 e. The lowest BCUT2D eigenvalue weighted by Gasteiger charge is -2.24. The SMILES string of the molecule is CNC(=O)c1cccc(CNC(=O)C2CC3CCCCC3N2)c1. The second-order valence-electron chi connectivity index (χ2n) is 6.60. The minimum absolute atomic E-state index is 0.0646. The zero-order chi connectivity index (χ0) is 16.2. The average molecular weight is 315 g/mol. The first kappa shape index (κ1) is 16.0. The molecule has 1 heterocycles. The highest BCUT2D eigenvalue weighted by atomic mass is 16.2. The van der Waals surface area contributed by atoms with Gasteiger partial charge in [-0.05, 0) is 42.9 Å². The first-order chi connectivity index (χ1) is 11.2. The first-order valence-corrected chi connectivity index (χ1v) is 8.52. The third kappa shape index (κ3) is 3.72. The summed E-state index contributed by atoms with van der Waals surface area (Å²) in [6.45, 7) is 0.456. The van der Waals surface area contributed by atoms with Crippen LogP contribution in [0.15, 0.2) is 24.3 Å². The van der Waals surface area contributed by atoms with Crippen molar-refractivity contribution in [1.82, 2.24) is 16.0 Å². The molecule has 0 aromatic heterocycles. The third-order valence-corrected chi connectivity index (χ3v) is 5.06. The number of benzene rings is 1. The van der Waals surface area contributed by atoms with Gasteiger partial charge in [0.1, 0.15) is 0 Å². The van der Waals surface area contributed by atoms with Crippen LogP contribution in [0.2, 0.25) is 0 Å². The van der Waals surface area contributed by atoms with Gasteiger partial charge in [-0.3, -0.25) is 9.59 Å². The highest BCUT2D eigenvalue weighted by Crippen LogP contribution is 2.33. The molecule has 1 saturated heterocycles. The Kier molecular flexibility index (Phi) is 4.96. The van der Waals surface area contributed by atoms with Crippen LogP contribution in [0.5, 0.6) is 0 Å². The summed E-state index contributed by atoms with van der Waals surface area (Å²) in [5.74, 6) is 0.625. The summed E-state index contributed by atoms with van der Waals surface area (Å²) in [6, 6.07) is 7.82. The molecule has 1 aromatic rings. The zero-order valence-corrected chi connectivity index (χ0v) is 13.6. The van der Waals surface area contributed by atoms with Crippen LogP contribution < -0.4 is 16.0 Å². The maximum Gasteiger partial charge on any atom is 0.251 e. The number of nitrogens with one attached hydrogen (secondary N) is 3. The smallest absolute Gasteiger partial charge is 0.251 e. The average Bonchev–Trinajstić information content (AvgIpc) is 3.03. The predicted octanol–water partition coefficient (Wildman–Crippen LogP) is 1.58. The Labute approximate surface area is 137 Å². The Bertz CT molecular complexity index is 573. The van der Waals surface area contributed by atoms with Crippen molar-refractivity contribution in [1.29, 1.82) is 0 Å². The van der Waals surface area contributed by atoms with Crippen molar-refractivity contribution in [2.45, 2.75) is 50.7 Å². The van der Waals surface area contributed by atoms with Gasteiger partial charge in [-0.1, -0.05) is 25.0 Å². The van der Waals surface area contributed by atoms with Gasteiger partial charge >= 0.3 is 0 Å². The van der Waals surface area contributed by atoms with E-state index in [4.69, 9.17) is 0 Å². The summed E-state index contributed by atoms with van der Waals surface area (Å²) >= 11 is 0. The van der Waals surface area contributed by atoms with Crippen molar-refractivity contribution >= 4 is 11.8 Å².